The van der Waals surface area contributed by atoms with Crippen molar-refractivity contribution in [3.63, 3.8) is 0 Å². The normalized spacial score (nSPS) is 15.0. The van der Waals surface area contributed by atoms with Gasteiger partial charge in [0.25, 0.3) is 11.8 Å². The fourth-order valence-electron chi connectivity index (χ4n) is 3.93. The van der Waals surface area contributed by atoms with Crippen LogP contribution in [0.15, 0.2) is 54.4 Å². The molecule has 1 aliphatic rings. The molecular weight excluding hydrogens is 436 g/mol. The first kappa shape index (κ1) is 22.7. The Kier molecular flexibility index (Phi) is 5.85. The molecule has 4 rings (SSSR count). The lowest BCUT2D eigenvalue weighted by atomic mass is 10.1. The highest BCUT2D eigenvalue weighted by Gasteiger charge is 2.37. The number of amides is 4. The van der Waals surface area contributed by atoms with Gasteiger partial charge in [0.1, 0.15) is 5.57 Å². The first-order chi connectivity index (χ1) is 16.2. The largest absolute Gasteiger partial charge is 0.465 e. The number of benzene rings is 1. The minimum Gasteiger partial charge on any atom is -0.465 e. The van der Waals surface area contributed by atoms with Crippen molar-refractivity contribution < 1.29 is 23.9 Å². The Hall–Kier alpha value is -4.53. The second kappa shape index (κ2) is 8.78. The van der Waals surface area contributed by atoms with Crippen molar-refractivity contribution in [2.45, 2.75) is 20.8 Å². The van der Waals surface area contributed by atoms with Crippen LogP contribution >= 0.6 is 0 Å². The maximum absolute atomic E-state index is 13.1. The molecule has 1 aliphatic heterocycles. The Bertz CT molecular complexity index is 1370. The Balaban J connectivity index is 1.79. The quantitative estimate of drug-likeness (QED) is 0.365. The maximum atomic E-state index is 13.1. The van der Waals surface area contributed by atoms with Crippen LogP contribution in [-0.2, 0) is 14.3 Å². The smallest absolute Gasteiger partial charge is 0.337 e. The lowest BCUT2D eigenvalue weighted by Crippen LogP contribution is -2.54. The van der Waals surface area contributed by atoms with Crippen molar-refractivity contribution >= 4 is 35.6 Å². The van der Waals surface area contributed by atoms with Gasteiger partial charge in [-0.3, -0.25) is 19.9 Å². The number of carbonyl (C=O) groups excluding carboxylic acids is 4. The van der Waals surface area contributed by atoms with E-state index < -0.39 is 23.8 Å². The van der Waals surface area contributed by atoms with Crippen LogP contribution in [0.5, 0.6) is 0 Å². The van der Waals surface area contributed by atoms with Gasteiger partial charge in [0.15, 0.2) is 0 Å². The molecule has 0 aliphatic carbocycles. The van der Waals surface area contributed by atoms with Gasteiger partial charge in [0.05, 0.1) is 24.6 Å². The fraction of sp³-hybridized carbons (Fsp3) is 0.160. The summed E-state index contributed by atoms with van der Waals surface area (Å²) in [5, 5.41) is 2.21. The number of nitrogens with one attached hydrogen (secondary N) is 1. The van der Waals surface area contributed by atoms with Crippen LogP contribution in [-0.4, -0.2) is 40.5 Å². The van der Waals surface area contributed by atoms with Crippen LogP contribution in [0.25, 0.3) is 11.8 Å². The number of ether oxygens (including phenoxy) is 1. The molecule has 3 aromatic rings. The minimum absolute atomic E-state index is 0.177. The van der Waals surface area contributed by atoms with Gasteiger partial charge in [0, 0.05) is 23.3 Å². The number of urea groups is 1. The van der Waals surface area contributed by atoms with Gasteiger partial charge in [-0.2, -0.15) is 0 Å². The number of hydrogen-bond donors (Lipinski definition) is 1. The van der Waals surface area contributed by atoms with Gasteiger partial charge >= 0.3 is 12.0 Å². The summed E-state index contributed by atoms with van der Waals surface area (Å²) >= 11 is 0. The monoisotopic (exact) mass is 458 g/mol. The number of anilines is 1. The molecule has 9 heteroatoms. The van der Waals surface area contributed by atoms with E-state index in [1.807, 2.05) is 37.5 Å². The molecule has 0 radical (unpaired) electrons. The van der Waals surface area contributed by atoms with E-state index in [9.17, 15) is 19.2 Å². The van der Waals surface area contributed by atoms with Crippen LogP contribution in [0.3, 0.4) is 0 Å². The van der Waals surface area contributed by atoms with E-state index >= 15 is 0 Å². The number of esters is 1. The number of rotatable bonds is 4. The highest BCUT2D eigenvalue weighted by atomic mass is 16.5. The van der Waals surface area contributed by atoms with Crippen molar-refractivity contribution in [2.24, 2.45) is 0 Å². The first-order valence-corrected chi connectivity index (χ1v) is 10.4. The van der Waals surface area contributed by atoms with E-state index in [-0.39, 0.29) is 11.3 Å². The number of carbonyl (C=O) groups is 4. The molecule has 0 saturated carbocycles. The highest BCUT2D eigenvalue weighted by molar-refractivity contribution is 6.39. The lowest BCUT2D eigenvalue weighted by Gasteiger charge is -2.26. The van der Waals surface area contributed by atoms with Crippen LogP contribution in [0.2, 0.25) is 0 Å². The van der Waals surface area contributed by atoms with Crippen molar-refractivity contribution in [1.29, 1.82) is 0 Å². The molecule has 2 aromatic heterocycles. The van der Waals surface area contributed by atoms with Crippen molar-refractivity contribution in [3.8, 4) is 5.69 Å². The third kappa shape index (κ3) is 3.88. The topological polar surface area (TPSA) is 111 Å². The van der Waals surface area contributed by atoms with Crippen molar-refractivity contribution in [1.82, 2.24) is 14.9 Å². The molecule has 1 saturated heterocycles. The zero-order valence-electron chi connectivity index (χ0n) is 19.1. The Labute approximate surface area is 195 Å². The summed E-state index contributed by atoms with van der Waals surface area (Å²) in [6, 6.07) is 9.40. The fourth-order valence-corrected chi connectivity index (χ4v) is 3.93. The zero-order valence-corrected chi connectivity index (χ0v) is 19.1. The summed E-state index contributed by atoms with van der Waals surface area (Å²) in [6.07, 6.45) is 4.35. The number of aryl methyl sites for hydroxylation is 2. The molecule has 34 heavy (non-hydrogen) atoms. The summed E-state index contributed by atoms with van der Waals surface area (Å²) in [4.78, 5) is 54.9. The molecule has 172 valence electrons. The standard InChI is InChI=1S/C25H22N4O5/c1-14-7-8-17(24(32)34-4)12-21(14)28-15(2)10-18(16(28)3)11-20-22(30)27-25(33)29(23(20)31)19-6-5-9-26-13-19/h5-13H,1-4H3,(H,27,30,33)/b20-11+. The Morgan fingerprint density at radius 3 is 2.53 bits per heavy atom. The SMILES string of the molecule is COC(=O)c1ccc(C)c(-n2c(C)cc(/C=C3\C(=O)NC(=O)N(c4cccnc4)C3=O)c2C)c1. The van der Waals surface area contributed by atoms with Crippen LogP contribution in [0.1, 0.15) is 32.9 Å². The summed E-state index contributed by atoms with van der Waals surface area (Å²) in [6.45, 7) is 5.65. The summed E-state index contributed by atoms with van der Waals surface area (Å²) < 4.78 is 6.77. The van der Waals surface area contributed by atoms with E-state index in [4.69, 9.17) is 4.74 Å². The average molecular weight is 458 g/mol. The Morgan fingerprint density at radius 2 is 1.85 bits per heavy atom. The number of imide groups is 2. The van der Waals surface area contributed by atoms with E-state index in [2.05, 4.69) is 10.3 Å². The number of barbiturate groups is 1. The van der Waals surface area contributed by atoms with Crippen molar-refractivity contribution in [2.75, 3.05) is 12.0 Å². The predicted octanol–water partition coefficient (Wildman–Crippen LogP) is 3.25. The average Bonchev–Trinajstić information content (AvgIpc) is 3.09. The molecule has 1 N–H and O–H groups in total. The third-order valence-electron chi connectivity index (χ3n) is 5.65. The second-order valence-electron chi connectivity index (χ2n) is 7.82. The van der Waals surface area contributed by atoms with E-state index in [0.29, 0.717) is 11.1 Å². The van der Waals surface area contributed by atoms with Crippen LogP contribution in [0.4, 0.5) is 10.5 Å². The summed E-state index contributed by atoms with van der Waals surface area (Å²) in [5.74, 6) is -1.96. The Morgan fingerprint density at radius 1 is 1.09 bits per heavy atom. The van der Waals surface area contributed by atoms with Gasteiger partial charge in [-0.1, -0.05) is 6.07 Å². The molecule has 0 unspecified atom stereocenters. The molecule has 1 fully saturated rings. The molecule has 4 amide bonds. The third-order valence-corrected chi connectivity index (χ3v) is 5.65. The van der Waals surface area contributed by atoms with Gasteiger partial charge in [-0.25, -0.2) is 14.5 Å². The molecule has 3 heterocycles. The predicted molar refractivity (Wildman–Crippen MR) is 125 cm³/mol. The molecule has 0 atom stereocenters. The molecule has 9 nitrogen and oxygen atoms in total. The molecular formula is C25H22N4O5. The molecule has 1 aromatic carbocycles. The van der Waals surface area contributed by atoms with Gasteiger partial charge in [-0.05, 0) is 68.3 Å². The number of nitrogens with zero attached hydrogens (tertiary/aromatic N) is 3. The molecule has 0 bridgehead atoms. The van der Waals surface area contributed by atoms with E-state index in [1.54, 1.807) is 24.3 Å². The lowest BCUT2D eigenvalue weighted by molar-refractivity contribution is -0.122. The van der Waals surface area contributed by atoms with Crippen molar-refractivity contribution in [3.05, 3.63) is 82.4 Å². The minimum atomic E-state index is -0.833. The maximum Gasteiger partial charge on any atom is 0.337 e. The van der Waals surface area contributed by atoms with E-state index in [1.165, 1.54) is 25.6 Å². The number of methoxy groups -OCH3 is 1. The van der Waals surface area contributed by atoms with Crippen LogP contribution in [0, 0.1) is 20.8 Å². The first-order valence-electron chi connectivity index (χ1n) is 10.4. The number of hydrogen-bond acceptors (Lipinski definition) is 6. The molecule has 0 spiro atoms. The van der Waals surface area contributed by atoms with Crippen LogP contribution < -0.4 is 10.2 Å². The van der Waals surface area contributed by atoms with E-state index in [0.717, 1.165) is 27.5 Å². The summed E-state index contributed by atoms with van der Waals surface area (Å²) in [5.41, 5.74) is 4.39. The highest BCUT2D eigenvalue weighted by Crippen LogP contribution is 2.27. The number of aromatic nitrogens is 2. The van der Waals surface area contributed by atoms with Gasteiger partial charge in [-0.15, -0.1) is 0 Å². The zero-order chi connectivity index (χ0) is 24.6. The van der Waals surface area contributed by atoms with Gasteiger partial charge in [0.2, 0.25) is 0 Å². The van der Waals surface area contributed by atoms with Gasteiger partial charge < -0.3 is 9.30 Å². The summed E-state index contributed by atoms with van der Waals surface area (Å²) in [7, 11) is 1.32. The second-order valence-corrected chi connectivity index (χ2v) is 7.82. The number of pyridine rings is 1.